The van der Waals surface area contributed by atoms with E-state index in [0.29, 0.717) is 13.2 Å². The van der Waals surface area contributed by atoms with Gasteiger partial charge in [0.15, 0.2) is 5.78 Å². The molecule has 0 saturated heterocycles. The zero-order chi connectivity index (χ0) is 18.8. The summed E-state index contributed by atoms with van der Waals surface area (Å²) in [6.07, 6.45) is 0.126. The first-order valence-electron chi connectivity index (χ1n) is 8.21. The first-order valence-corrected chi connectivity index (χ1v) is 8.21. The van der Waals surface area contributed by atoms with Gasteiger partial charge in [0.05, 0.1) is 32.5 Å². The van der Waals surface area contributed by atoms with Gasteiger partial charge in [-0.3, -0.25) is 14.4 Å². The summed E-state index contributed by atoms with van der Waals surface area (Å²) < 4.78 is 15.3. The Morgan fingerprint density at radius 2 is 1.50 bits per heavy atom. The fourth-order valence-corrected chi connectivity index (χ4v) is 1.28. The highest BCUT2D eigenvalue weighted by Gasteiger charge is 2.05. The van der Waals surface area contributed by atoms with E-state index in [1.54, 1.807) is 0 Å². The van der Waals surface area contributed by atoms with Gasteiger partial charge in [0.1, 0.15) is 13.2 Å². The van der Waals surface area contributed by atoms with Crippen molar-refractivity contribution >= 4 is 17.6 Å². The van der Waals surface area contributed by atoms with Crippen LogP contribution in [0.4, 0.5) is 0 Å². The molecule has 2 amide bonds. The van der Waals surface area contributed by atoms with Crippen molar-refractivity contribution in [3.63, 3.8) is 0 Å². The van der Waals surface area contributed by atoms with Crippen LogP contribution in [0.1, 0.15) is 34.6 Å². The molecule has 8 heteroatoms. The lowest BCUT2D eigenvalue weighted by Crippen LogP contribution is -2.39. The molecule has 0 bridgehead atoms. The van der Waals surface area contributed by atoms with E-state index in [0.717, 1.165) is 0 Å². The molecule has 0 aliphatic heterocycles. The fourth-order valence-electron chi connectivity index (χ4n) is 1.28. The van der Waals surface area contributed by atoms with Gasteiger partial charge >= 0.3 is 0 Å². The van der Waals surface area contributed by atoms with Crippen LogP contribution in [0.25, 0.3) is 0 Å². The van der Waals surface area contributed by atoms with Crippen molar-refractivity contribution in [1.29, 1.82) is 0 Å². The second-order valence-electron chi connectivity index (χ2n) is 4.85. The second-order valence-corrected chi connectivity index (χ2v) is 4.85. The zero-order valence-corrected chi connectivity index (χ0v) is 15.5. The average molecular weight is 348 g/mol. The lowest BCUT2D eigenvalue weighted by molar-refractivity contribution is -0.129. The van der Waals surface area contributed by atoms with Crippen LogP contribution < -0.4 is 10.6 Å². The molecule has 0 saturated carbocycles. The van der Waals surface area contributed by atoms with Gasteiger partial charge in [-0.1, -0.05) is 13.8 Å². The van der Waals surface area contributed by atoms with E-state index in [4.69, 9.17) is 14.2 Å². The van der Waals surface area contributed by atoms with Crippen molar-refractivity contribution in [2.75, 3.05) is 46.1 Å². The molecule has 0 rings (SSSR count). The quantitative estimate of drug-likeness (QED) is 0.464. The number of rotatable bonds is 13. The highest BCUT2D eigenvalue weighted by atomic mass is 16.5. The molecule has 8 nitrogen and oxygen atoms in total. The SMILES string of the molecule is CC.CC(=O)COCCNC(=O)CNC(=O)COCCOC(C)C. The molecule has 24 heavy (non-hydrogen) atoms. The summed E-state index contributed by atoms with van der Waals surface area (Å²) in [5, 5.41) is 4.98. The molecule has 0 spiro atoms. The summed E-state index contributed by atoms with van der Waals surface area (Å²) in [5.41, 5.74) is 0. The molecular formula is C16H32N2O6. The van der Waals surface area contributed by atoms with Crippen LogP contribution >= 0.6 is 0 Å². The highest BCUT2D eigenvalue weighted by Crippen LogP contribution is 1.87. The summed E-state index contributed by atoms with van der Waals surface area (Å²) in [7, 11) is 0. The van der Waals surface area contributed by atoms with Crippen molar-refractivity contribution in [2.24, 2.45) is 0 Å². The van der Waals surface area contributed by atoms with E-state index in [2.05, 4.69) is 10.6 Å². The van der Waals surface area contributed by atoms with Crippen LogP contribution in [-0.2, 0) is 28.6 Å². The molecular weight excluding hydrogens is 316 g/mol. The van der Waals surface area contributed by atoms with Crippen LogP contribution in [0, 0.1) is 0 Å². The summed E-state index contributed by atoms with van der Waals surface area (Å²) in [6, 6.07) is 0. The van der Waals surface area contributed by atoms with Gasteiger partial charge in [0.2, 0.25) is 11.8 Å². The van der Waals surface area contributed by atoms with Crippen molar-refractivity contribution in [2.45, 2.75) is 40.7 Å². The Bertz CT molecular complexity index is 347. The van der Waals surface area contributed by atoms with Crippen molar-refractivity contribution in [1.82, 2.24) is 10.6 Å². The van der Waals surface area contributed by atoms with Crippen LogP contribution in [0.3, 0.4) is 0 Å². The Kier molecular flexibility index (Phi) is 18.4. The van der Waals surface area contributed by atoms with Crippen LogP contribution in [0.2, 0.25) is 0 Å². The van der Waals surface area contributed by atoms with E-state index in [1.165, 1.54) is 6.92 Å². The third-order valence-electron chi connectivity index (χ3n) is 2.23. The summed E-state index contributed by atoms with van der Waals surface area (Å²) >= 11 is 0. The minimum Gasteiger partial charge on any atom is -0.376 e. The maximum Gasteiger partial charge on any atom is 0.246 e. The minimum absolute atomic E-state index is 0.0322. The lowest BCUT2D eigenvalue weighted by Gasteiger charge is -2.09. The van der Waals surface area contributed by atoms with E-state index < -0.39 is 0 Å². The zero-order valence-electron chi connectivity index (χ0n) is 15.5. The van der Waals surface area contributed by atoms with Gasteiger partial charge < -0.3 is 24.8 Å². The van der Waals surface area contributed by atoms with Crippen molar-refractivity contribution in [3.05, 3.63) is 0 Å². The molecule has 0 aromatic heterocycles. The molecule has 0 atom stereocenters. The van der Waals surface area contributed by atoms with Gasteiger partial charge in [-0.05, 0) is 20.8 Å². The smallest absolute Gasteiger partial charge is 0.246 e. The maximum atomic E-state index is 11.4. The largest absolute Gasteiger partial charge is 0.376 e. The van der Waals surface area contributed by atoms with E-state index in [9.17, 15) is 14.4 Å². The third kappa shape index (κ3) is 20.5. The first-order chi connectivity index (χ1) is 11.4. The van der Waals surface area contributed by atoms with Crippen LogP contribution in [0.5, 0.6) is 0 Å². The molecule has 2 N–H and O–H groups in total. The number of amides is 2. The first kappa shape index (κ1) is 24.7. The topological polar surface area (TPSA) is 103 Å². The lowest BCUT2D eigenvalue weighted by atomic mass is 10.5. The molecule has 0 aliphatic rings. The second kappa shape index (κ2) is 17.8. The molecule has 0 aromatic rings. The molecule has 142 valence electrons. The molecule has 0 fully saturated rings. The number of hydrogen-bond donors (Lipinski definition) is 2. The van der Waals surface area contributed by atoms with E-state index in [-0.39, 0.29) is 56.6 Å². The Morgan fingerprint density at radius 3 is 2.08 bits per heavy atom. The predicted molar refractivity (Wildman–Crippen MR) is 90.8 cm³/mol. The Labute approximate surface area is 144 Å². The average Bonchev–Trinajstić information content (AvgIpc) is 2.53. The number of hydrogen-bond acceptors (Lipinski definition) is 6. The Hall–Kier alpha value is -1.51. The van der Waals surface area contributed by atoms with E-state index >= 15 is 0 Å². The van der Waals surface area contributed by atoms with Crippen LogP contribution in [0.15, 0.2) is 0 Å². The van der Waals surface area contributed by atoms with Gasteiger partial charge in [-0.25, -0.2) is 0 Å². The number of Topliss-reactive ketones (excluding diaryl/α,β-unsaturated/α-hetero) is 1. The summed E-state index contributed by atoms with van der Waals surface area (Å²) in [6.45, 7) is 10.3. The van der Waals surface area contributed by atoms with Crippen LogP contribution in [-0.4, -0.2) is 69.8 Å². The number of ketones is 1. The van der Waals surface area contributed by atoms with Gasteiger partial charge in [0.25, 0.3) is 0 Å². The summed E-state index contributed by atoms with van der Waals surface area (Å²) in [4.78, 5) is 33.4. The molecule has 0 heterocycles. The molecule has 0 aromatic carbocycles. The minimum atomic E-state index is -0.368. The van der Waals surface area contributed by atoms with Gasteiger partial charge in [0, 0.05) is 6.54 Å². The molecule has 0 aliphatic carbocycles. The number of nitrogens with one attached hydrogen (secondary N) is 2. The highest BCUT2D eigenvalue weighted by molar-refractivity contribution is 5.85. The third-order valence-corrected chi connectivity index (χ3v) is 2.23. The summed E-state index contributed by atoms with van der Waals surface area (Å²) in [5.74, 6) is -0.771. The Morgan fingerprint density at radius 1 is 0.875 bits per heavy atom. The molecule has 0 unspecified atom stereocenters. The number of ether oxygens (including phenoxy) is 3. The van der Waals surface area contributed by atoms with Gasteiger partial charge in [-0.2, -0.15) is 0 Å². The monoisotopic (exact) mass is 348 g/mol. The normalized spacial score (nSPS) is 9.92. The van der Waals surface area contributed by atoms with Gasteiger partial charge in [-0.15, -0.1) is 0 Å². The molecule has 0 radical (unpaired) electrons. The fraction of sp³-hybridized carbons (Fsp3) is 0.812. The standard InChI is InChI=1S/C14H26N2O6.C2H6/c1-11(2)22-7-6-21-10-14(19)16-8-13(18)15-4-5-20-9-12(3)17;1-2/h11H,4-10H2,1-3H3,(H,15,18)(H,16,19);1-2H3. The van der Waals surface area contributed by atoms with Crippen molar-refractivity contribution < 1.29 is 28.6 Å². The van der Waals surface area contributed by atoms with E-state index in [1.807, 2.05) is 27.7 Å². The number of carbonyl (C=O) groups is 3. The number of carbonyl (C=O) groups excluding carboxylic acids is 3. The Balaban J connectivity index is 0. The van der Waals surface area contributed by atoms with Crippen molar-refractivity contribution in [3.8, 4) is 0 Å². The predicted octanol–water partition coefficient (Wildman–Crippen LogP) is 0.292. The maximum absolute atomic E-state index is 11.4.